The Hall–Kier alpha value is -0.640. The van der Waals surface area contributed by atoms with E-state index in [0.717, 1.165) is 44.2 Å². The number of nitrogens with zero attached hydrogens (tertiary/aromatic N) is 1. The van der Waals surface area contributed by atoms with Crippen molar-refractivity contribution in [3.05, 3.63) is 35.6 Å². The van der Waals surface area contributed by atoms with Crippen LogP contribution in [0, 0.1) is 11.7 Å². The maximum Gasteiger partial charge on any atom is 0.123 e. The molecule has 0 aromatic heterocycles. The van der Waals surface area contributed by atoms with Crippen molar-refractivity contribution >= 4 is 12.4 Å². The van der Waals surface area contributed by atoms with Crippen molar-refractivity contribution in [2.45, 2.75) is 26.3 Å². The van der Waals surface area contributed by atoms with Crippen LogP contribution in [-0.4, -0.2) is 31.1 Å². The van der Waals surface area contributed by atoms with Crippen LogP contribution >= 0.6 is 12.4 Å². The van der Waals surface area contributed by atoms with E-state index in [1.807, 2.05) is 6.07 Å². The van der Waals surface area contributed by atoms with Crippen molar-refractivity contribution in [3.8, 4) is 0 Å². The van der Waals surface area contributed by atoms with E-state index in [0.29, 0.717) is 0 Å². The molecule has 0 radical (unpaired) electrons. The van der Waals surface area contributed by atoms with Gasteiger partial charge in [0.05, 0.1) is 0 Å². The van der Waals surface area contributed by atoms with Crippen LogP contribution in [0.1, 0.15) is 25.3 Å². The summed E-state index contributed by atoms with van der Waals surface area (Å²) in [7, 11) is 0. The van der Waals surface area contributed by atoms with E-state index in [1.54, 1.807) is 12.1 Å². The molecule has 1 heterocycles. The molecule has 0 spiro atoms. The Labute approximate surface area is 121 Å². The minimum absolute atomic E-state index is 0. The average molecular weight is 287 g/mol. The molecule has 0 saturated carbocycles. The molecule has 0 amide bonds. The first-order chi connectivity index (χ1) is 8.78. The third-order valence-electron chi connectivity index (χ3n) is 3.66. The highest BCUT2D eigenvalue weighted by Gasteiger charge is 2.16. The zero-order valence-electron chi connectivity index (χ0n) is 11.6. The number of hydrogen-bond acceptors (Lipinski definition) is 2. The van der Waals surface area contributed by atoms with Crippen LogP contribution in [-0.2, 0) is 6.54 Å². The van der Waals surface area contributed by atoms with Crippen molar-refractivity contribution in [2.75, 3.05) is 26.2 Å². The lowest BCUT2D eigenvalue weighted by molar-refractivity contribution is 0.209. The van der Waals surface area contributed by atoms with Gasteiger partial charge in [-0.1, -0.05) is 19.1 Å². The highest BCUT2D eigenvalue weighted by Crippen LogP contribution is 2.14. The SMILES string of the molecule is CCN(Cc1cccc(F)c1)CC1CCCNC1.Cl. The van der Waals surface area contributed by atoms with Crippen LogP contribution in [0.4, 0.5) is 4.39 Å². The van der Waals surface area contributed by atoms with Gasteiger partial charge in [0.1, 0.15) is 5.82 Å². The normalized spacial score (nSPS) is 19.2. The van der Waals surface area contributed by atoms with Crippen LogP contribution in [0.5, 0.6) is 0 Å². The molecule has 1 atom stereocenters. The summed E-state index contributed by atoms with van der Waals surface area (Å²) < 4.78 is 13.2. The Kier molecular flexibility index (Phi) is 7.36. The molecule has 108 valence electrons. The summed E-state index contributed by atoms with van der Waals surface area (Å²) in [5.74, 6) is 0.607. The standard InChI is InChI=1S/C15H23FN2.ClH/c1-2-18(12-14-6-4-8-17-10-14)11-13-5-3-7-15(16)9-13;/h3,5,7,9,14,17H,2,4,6,8,10-12H2,1H3;1H. The predicted molar refractivity (Wildman–Crippen MR) is 80.2 cm³/mol. The van der Waals surface area contributed by atoms with Gasteiger partial charge in [0.25, 0.3) is 0 Å². The van der Waals surface area contributed by atoms with Crippen molar-refractivity contribution in [1.29, 1.82) is 0 Å². The Balaban J connectivity index is 0.00000180. The molecular formula is C15H24ClFN2. The van der Waals surface area contributed by atoms with Gasteiger partial charge in [-0.15, -0.1) is 12.4 Å². The summed E-state index contributed by atoms with van der Waals surface area (Å²) >= 11 is 0. The Morgan fingerprint density at radius 3 is 2.89 bits per heavy atom. The molecule has 0 aliphatic carbocycles. The third kappa shape index (κ3) is 5.47. The lowest BCUT2D eigenvalue weighted by Gasteiger charge is -2.29. The summed E-state index contributed by atoms with van der Waals surface area (Å²) in [5.41, 5.74) is 1.07. The molecule has 1 aliphatic rings. The zero-order valence-corrected chi connectivity index (χ0v) is 12.4. The van der Waals surface area contributed by atoms with Gasteiger partial charge in [-0.05, 0) is 56.1 Å². The molecule has 0 bridgehead atoms. The second-order valence-corrected chi connectivity index (χ2v) is 5.17. The number of nitrogens with one attached hydrogen (secondary N) is 1. The molecule has 1 aromatic carbocycles. The minimum atomic E-state index is -0.136. The summed E-state index contributed by atoms with van der Waals surface area (Å²) in [4.78, 5) is 2.41. The second kappa shape index (κ2) is 8.51. The Morgan fingerprint density at radius 2 is 2.26 bits per heavy atom. The van der Waals surface area contributed by atoms with Crippen LogP contribution in [0.3, 0.4) is 0 Å². The van der Waals surface area contributed by atoms with Crippen molar-refractivity contribution in [1.82, 2.24) is 10.2 Å². The lowest BCUT2D eigenvalue weighted by atomic mass is 9.99. The zero-order chi connectivity index (χ0) is 12.8. The van der Waals surface area contributed by atoms with Gasteiger partial charge in [-0.3, -0.25) is 4.90 Å². The fraction of sp³-hybridized carbons (Fsp3) is 0.600. The van der Waals surface area contributed by atoms with E-state index >= 15 is 0 Å². The molecule has 1 unspecified atom stereocenters. The molecular weight excluding hydrogens is 263 g/mol. The summed E-state index contributed by atoms with van der Waals surface area (Å²) in [6, 6.07) is 6.94. The van der Waals surface area contributed by atoms with Crippen LogP contribution in [0.25, 0.3) is 0 Å². The average Bonchev–Trinajstić information content (AvgIpc) is 2.39. The fourth-order valence-corrected chi connectivity index (χ4v) is 2.64. The number of hydrogen-bond donors (Lipinski definition) is 1. The summed E-state index contributed by atoms with van der Waals surface area (Å²) in [6.07, 6.45) is 2.59. The maximum absolute atomic E-state index is 13.2. The quantitative estimate of drug-likeness (QED) is 0.895. The van der Waals surface area contributed by atoms with Crippen molar-refractivity contribution < 1.29 is 4.39 Å². The molecule has 1 aliphatic heterocycles. The maximum atomic E-state index is 13.2. The Morgan fingerprint density at radius 1 is 1.42 bits per heavy atom. The van der Waals surface area contributed by atoms with Gasteiger partial charge < -0.3 is 5.32 Å². The summed E-state index contributed by atoms with van der Waals surface area (Å²) in [5, 5.41) is 3.45. The first-order valence-corrected chi connectivity index (χ1v) is 6.95. The number of piperidine rings is 1. The van der Waals surface area contributed by atoms with Gasteiger partial charge in [0.15, 0.2) is 0 Å². The largest absolute Gasteiger partial charge is 0.316 e. The Bertz CT molecular complexity index is 367. The van der Waals surface area contributed by atoms with E-state index in [2.05, 4.69) is 17.1 Å². The molecule has 1 N–H and O–H groups in total. The fourth-order valence-electron chi connectivity index (χ4n) is 2.64. The first-order valence-electron chi connectivity index (χ1n) is 6.95. The van der Waals surface area contributed by atoms with E-state index < -0.39 is 0 Å². The minimum Gasteiger partial charge on any atom is -0.316 e. The lowest BCUT2D eigenvalue weighted by Crippen LogP contribution is -2.38. The van der Waals surface area contributed by atoms with Gasteiger partial charge in [0.2, 0.25) is 0 Å². The van der Waals surface area contributed by atoms with Crippen LogP contribution in [0.2, 0.25) is 0 Å². The van der Waals surface area contributed by atoms with Gasteiger partial charge >= 0.3 is 0 Å². The number of halogens is 2. The molecule has 4 heteroatoms. The molecule has 2 nitrogen and oxygen atoms in total. The van der Waals surface area contributed by atoms with E-state index in [1.165, 1.54) is 18.9 Å². The monoisotopic (exact) mass is 286 g/mol. The number of benzene rings is 1. The molecule has 2 rings (SSSR count). The van der Waals surface area contributed by atoms with Crippen molar-refractivity contribution in [2.24, 2.45) is 5.92 Å². The first kappa shape index (κ1) is 16.4. The van der Waals surface area contributed by atoms with Gasteiger partial charge in [-0.2, -0.15) is 0 Å². The van der Waals surface area contributed by atoms with E-state index in [9.17, 15) is 4.39 Å². The predicted octanol–water partition coefficient (Wildman–Crippen LogP) is 3.07. The highest BCUT2D eigenvalue weighted by atomic mass is 35.5. The molecule has 19 heavy (non-hydrogen) atoms. The molecule has 1 aromatic rings. The van der Waals surface area contributed by atoms with Crippen molar-refractivity contribution in [3.63, 3.8) is 0 Å². The topological polar surface area (TPSA) is 15.3 Å². The van der Waals surface area contributed by atoms with Gasteiger partial charge in [-0.25, -0.2) is 4.39 Å². The second-order valence-electron chi connectivity index (χ2n) is 5.17. The van der Waals surface area contributed by atoms with Gasteiger partial charge in [0, 0.05) is 13.1 Å². The highest BCUT2D eigenvalue weighted by molar-refractivity contribution is 5.85. The third-order valence-corrected chi connectivity index (χ3v) is 3.66. The molecule has 1 saturated heterocycles. The van der Waals surface area contributed by atoms with E-state index in [4.69, 9.17) is 0 Å². The number of rotatable bonds is 5. The van der Waals surface area contributed by atoms with E-state index in [-0.39, 0.29) is 18.2 Å². The molecule has 1 fully saturated rings. The summed E-state index contributed by atoms with van der Waals surface area (Å²) in [6.45, 7) is 7.44. The van der Waals surface area contributed by atoms with Crippen LogP contribution < -0.4 is 5.32 Å². The van der Waals surface area contributed by atoms with Crippen LogP contribution in [0.15, 0.2) is 24.3 Å². The smallest absolute Gasteiger partial charge is 0.123 e.